The van der Waals surface area contributed by atoms with E-state index in [1.807, 2.05) is 49.0 Å². The Labute approximate surface area is 122 Å². The van der Waals surface area contributed by atoms with Gasteiger partial charge in [-0.3, -0.25) is 4.79 Å². The van der Waals surface area contributed by atoms with Crippen molar-refractivity contribution in [2.24, 2.45) is 0 Å². The van der Waals surface area contributed by atoms with Gasteiger partial charge in [0.05, 0.1) is 12.2 Å². The summed E-state index contributed by atoms with van der Waals surface area (Å²) in [5.74, 6) is 0.793. The Kier molecular flexibility index (Phi) is 4.39. The number of aryl methyl sites for hydroxylation is 1. The van der Waals surface area contributed by atoms with Gasteiger partial charge in [-0.05, 0) is 13.8 Å². The molecule has 0 aromatic carbocycles. The number of amides is 1. The zero-order valence-corrected chi connectivity index (χ0v) is 12.9. The summed E-state index contributed by atoms with van der Waals surface area (Å²) in [6.07, 6.45) is 3.51. The molecule has 108 valence electrons. The maximum Gasteiger partial charge on any atom is 0.243 e. The van der Waals surface area contributed by atoms with Crippen LogP contribution in [0, 0.1) is 6.92 Å². The van der Waals surface area contributed by atoms with Gasteiger partial charge in [-0.15, -0.1) is 11.3 Å². The average Bonchev–Trinajstić information content (AvgIpc) is 3.03. The number of rotatable bonds is 5. The van der Waals surface area contributed by atoms with Gasteiger partial charge >= 0.3 is 0 Å². The van der Waals surface area contributed by atoms with Crippen LogP contribution in [0.15, 0.2) is 17.8 Å². The highest BCUT2D eigenvalue weighted by Gasteiger charge is 2.16. The molecule has 2 heterocycles. The van der Waals surface area contributed by atoms with E-state index in [1.165, 1.54) is 0 Å². The lowest BCUT2D eigenvalue weighted by Gasteiger charge is -2.14. The van der Waals surface area contributed by atoms with Crippen LogP contribution < -0.4 is 10.2 Å². The third-order valence-electron chi connectivity index (χ3n) is 3.02. The van der Waals surface area contributed by atoms with Crippen molar-refractivity contribution in [2.75, 3.05) is 19.0 Å². The lowest BCUT2D eigenvalue weighted by atomic mass is 10.3. The highest BCUT2D eigenvalue weighted by Crippen LogP contribution is 2.18. The van der Waals surface area contributed by atoms with Crippen molar-refractivity contribution in [1.82, 2.24) is 19.9 Å². The van der Waals surface area contributed by atoms with E-state index in [0.29, 0.717) is 6.54 Å². The number of anilines is 1. The molecule has 0 spiro atoms. The average molecular weight is 293 g/mol. The topological polar surface area (TPSA) is 63.1 Å². The summed E-state index contributed by atoms with van der Waals surface area (Å²) in [5.41, 5.74) is 0.876. The van der Waals surface area contributed by atoms with Crippen molar-refractivity contribution in [1.29, 1.82) is 0 Å². The first-order chi connectivity index (χ1) is 9.49. The second-order valence-electron chi connectivity index (χ2n) is 4.79. The molecule has 0 saturated carbocycles. The quantitative estimate of drug-likeness (QED) is 0.909. The van der Waals surface area contributed by atoms with E-state index in [2.05, 4.69) is 15.3 Å². The molecule has 1 amide bonds. The molecule has 0 bridgehead atoms. The molecule has 2 aromatic heterocycles. The fraction of sp³-hybridized carbons (Fsp3) is 0.462. The minimum absolute atomic E-state index is 0.0366. The zero-order valence-electron chi connectivity index (χ0n) is 12.1. The van der Waals surface area contributed by atoms with Crippen LogP contribution >= 0.6 is 11.3 Å². The van der Waals surface area contributed by atoms with Gasteiger partial charge in [0, 0.05) is 31.9 Å². The van der Waals surface area contributed by atoms with Crippen molar-refractivity contribution in [3.05, 3.63) is 29.3 Å². The fourth-order valence-corrected chi connectivity index (χ4v) is 2.59. The van der Waals surface area contributed by atoms with Crippen LogP contribution in [-0.4, -0.2) is 34.5 Å². The largest absolute Gasteiger partial charge is 0.354 e. The summed E-state index contributed by atoms with van der Waals surface area (Å²) in [6, 6.07) is -0.274. The molecule has 0 radical (unpaired) electrons. The predicted octanol–water partition coefficient (Wildman–Crippen LogP) is 1.59. The normalized spacial score (nSPS) is 12.2. The molecular formula is C13H19N5OS. The van der Waals surface area contributed by atoms with E-state index in [1.54, 1.807) is 17.5 Å². The van der Waals surface area contributed by atoms with E-state index >= 15 is 0 Å². The summed E-state index contributed by atoms with van der Waals surface area (Å²) in [6.45, 7) is 4.19. The van der Waals surface area contributed by atoms with Crippen molar-refractivity contribution in [3.8, 4) is 0 Å². The molecule has 0 fully saturated rings. The molecule has 2 rings (SSSR count). The van der Waals surface area contributed by atoms with Crippen LogP contribution in [0.4, 0.5) is 5.13 Å². The number of carbonyl (C=O) groups excluding carboxylic acids is 1. The highest BCUT2D eigenvalue weighted by atomic mass is 32.1. The van der Waals surface area contributed by atoms with Crippen LogP contribution in [0.2, 0.25) is 0 Å². The van der Waals surface area contributed by atoms with E-state index in [0.717, 1.165) is 16.6 Å². The van der Waals surface area contributed by atoms with E-state index in [9.17, 15) is 4.79 Å². The first-order valence-corrected chi connectivity index (χ1v) is 7.26. The molecule has 7 heteroatoms. The van der Waals surface area contributed by atoms with Gasteiger partial charge in [0.1, 0.15) is 11.9 Å². The van der Waals surface area contributed by atoms with Crippen molar-refractivity contribution in [3.63, 3.8) is 0 Å². The molecule has 0 aliphatic rings. The van der Waals surface area contributed by atoms with Crippen LogP contribution in [0.1, 0.15) is 24.5 Å². The number of aromatic nitrogens is 3. The lowest BCUT2D eigenvalue weighted by molar-refractivity contribution is -0.124. The van der Waals surface area contributed by atoms with Crippen LogP contribution in [0.3, 0.4) is 0 Å². The minimum Gasteiger partial charge on any atom is -0.354 e. The van der Waals surface area contributed by atoms with Crippen LogP contribution in [0.5, 0.6) is 0 Å². The monoisotopic (exact) mass is 293 g/mol. The molecule has 0 unspecified atom stereocenters. The maximum absolute atomic E-state index is 12.1. The number of hydrogen-bond donors (Lipinski definition) is 1. The fourth-order valence-electron chi connectivity index (χ4n) is 1.83. The van der Waals surface area contributed by atoms with Gasteiger partial charge in [0.2, 0.25) is 5.91 Å². The maximum atomic E-state index is 12.1. The summed E-state index contributed by atoms with van der Waals surface area (Å²) in [4.78, 5) is 22.6. The molecule has 1 atom stereocenters. The first kappa shape index (κ1) is 14.5. The minimum atomic E-state index is -0.274. The van der Waals surface area contributed by atoms with E-state index < -0.39 is 0 Å². The molecule has 0 saturated heterocycles. The van der Waals surface area contributed by atoms with Crippen LogP contribution in [0.25, 0.3) is 0 Å². The first-order valence-electron chi connectivity index (χ1n) is 6.38. The molecule has 2 aromatic rings. The Morgan fingerprint density at radius 3 is 2.85 bits per heavy atom. The Morgan fingerprint density at radius 1 is 1.55 bits per heavy atom. The summed E-state index contributed by atoms with van der Waals surface area (Å²) < 4.78 is 1.85. The Bertz CT molecular complexity index is 589. The Morgan fingerprint density at radius 2 is 2.30 bits per heavy atom. The third-order valence-corrected chi connectivity index (χ3v) is 4.08. The standard InChI is InChI=1S/C13H19N5OS/c1-9(18-6-5-14-10(18)2)12(19)15-7-11-8-20-13(16-11)17(3)4/h5-6,8-9H,7H2,1-4H3,(H,15,19)/t9-/m0/s1. The number of carbonyl (C=O) groups is 1. The highest BCUT2D eigenvalue weighted by molar-refractivity contribution is 7.13. The number of hydrogen-bond acceptors (Lipinski definition) is 5. The van der Waals surface area contributed by atoms with Crippen molar-refractivity contribution in [2.45, 2.75) is 26.4 Å². The molecule has 0 aliphatic carbocycles. The van der Waals surface area contributed by atoms with E-state index in [-0.39, 0.29) is 11.9 Å². The van der Waals surface area contributed by atoms with Gasteiger partial charge in [-0.2, -0.15) is 0 Å². The van der Waals surface area contributed by atoms with Gasteiger partial charge in [-0.25, -0.2) is 9.97 Å². The summed E-state index contributed by atoms with van der Waals surface area (Å²) >= 11 is 1.57. The lowest BCUT2D eigenvalue weighted by Crippen LogP contribution is -2.30. The molecule has 1 N–H and O–H groups in total. The van der Waals surface area contributed by atoms with Crippen molar-refractivity contribution < 1.29 is 4.79 Å². The summed E-state index contributed by atoms with van der Waals surface area (Å²) in [7, 11) is 3.90. The van der Waals surface area contributed by atoms with Crippen LogP contribution in [-0.2, 0) is 11.3 Å². The predicted molar refractivity (Wildman–Crippen MR) is 80.0 cm³/mol. The number of thiazole rings is 1. The molecule has 0 aliphatic heterocycles. The number of nitrogens with zero attached hydrogens (tertiary/aromatic N) is 4. The summed E-state index contributed by atoms with van der Waals surface area (Å²) in [5, 5.41) is 5.80. The van der Waals surface area contributed by atoms with Gasteiger partial charge in [0.15, 0.2) is 5.13 Å². The molecular weight excluding hydrogens is 274 g/mol. The molecule has 6 nitrogen and oxygen atoms in total. The molecule has 20 heavy (non-hydrogen) atoms. The number of imidazole rings is 1. The second-order valence-corrected chi connectivity index (χ2v) is 5.63. The second kappa shape index (κ2) is 6.04. The van der Waals surface area contributed by atoms with Gasteiger partial charge in [-0.1, -0.05) is 0 Å². The Hall–Kier alpha value is -1.89. The smallest absolute Gasteiger partial charge is 0.243 e. The third kappa shape index (κ3) is 3.16. The SMILES string of the molecule is Cc1nccn1[C@@H](C)C(=O)NCc1csc(N(C)C)n1. The Balaban J connectivity index is 1.93. The van der Waals surface area contributed by atoms with Crippen molar-refractivity contribution >= 4 is 22.4 Å². The zero-order chi connectivity index (χ0) is 14.7. The van der Waals surface area contributed by atoms with Gasteiger partial charge < -0.3 is 14.8 Å². The van der Waals surface area contributed by atoms with E-state index in [4.69, 9.17) is 0 Å². The number of nitrogens with one attached hydrogen (secondary N) is 1. The van der Waals surface area contributed by atoms with Gasteiger partial charge in [0.25, 0.3) is 0 Å².